The van der Waals surface area contributed by atoms with Crippen LogP contribution in [0.5, 0.6) is 0 Å². The van der Waals surface area contributed by atoms with Gasteiger partial charge in [0.05, 0.1) is 12.5 Å². The topological polar surface area (TPSA) is 53.4 Å². The van der Waals surface area contributed by atoms with Gasteiger partial charge in [-0.25, -0.2) is 4.98 Å². The van der Waals surface area contributed by atoms with Crippen LogP contribution in [-0.4, -0.2) is 64.5 Å². The summed E-state index contributed by atoms with van der Waals surface area (Å²) >= 11 is 0. The van der Waals surface area contributed by atoms with Crippen LogP contribution in [0.2, 0.25) is 0 Å². The monoisotopic (exact) mass is 313 g/mol. The highest BCUT2D eigenvalue weighted by Crippen LogP contribution is 2.17. The number of nitrogens with one attached hydrogen (secondary N) is 1. The summed E-state index contributed by atoms with van der Waals surface area (Å²) in [6.45, 7) is 2.22. The first-order valence-corrected chi connectivity index (χ1v) is 7.67. The fourth-order valence-electron chi connectivity index (χ4n) is 3.09. The highest BCUT2D eigenvalue weighted by molar-refractivity contribution is 5.79. The minimum absolute atomic E-state index is 0.101. The molecule has 1 amide bonds. The Kier molecular flexibility index (Phi) is 4.68. The second-order valence-electron chi connectivity index (χ2n) is 5.82. The number of carbonyl (C=O) groups is 1. The minimum Gasteiger partial charge on any atom is -0.340 e. The van der Waals surface area contributed by atoms with Crippen LogP contribution in [0.3, 0.4) is 0 Å². The van der Waals surface area contributed by atoms with E-state index in [0.717, 1.165) is 24.1 Å². The predicted octanol–water partition coefficient (Wildman–Crippen LogP) is 0.532. The minimum atomic E-state index is -2.56. The lowest BCUT2D eigenvalue weighted by molar-refractivity contribution is -0.136. The fraction of sp³-hybridized carbons (Fsp3) is 0.714. The number of rotatable bonds is 4. The molecule has 1 N–H and O–H groups in total. The molecule has 22 heavy (non-hydrogen) atoms. The molecule has 1 atom stereocenters. The predicted molar refractivity (Wildman–Crippen MR) is 76.3 cm³/mol. The average Bonchev–Trinajstić information content (AvgIpc) is 3.18. The number of piperazine rings is 1. The summed E-state index contributed by atoms with van der Waals surface area (Å²) in [5.41, 5.74) is 0. The molecule has 0 bridgehead atoms. The van der Waals surface area contributed by atoms with Crippen molar-refractivity contribution in [2.45, 2.75) is 19.5 Å². The van der Waals surface area contributed by atoms with Crippen LogP contribution in [0, 0.1) is 5.92 Å². The fourth-order valence-corrected chi connectivity index (χ4v) is 3.09. The molecule has 2 saturated heterocycles. The van der Waals surface area contributed by atoms with Crippen LogP contribution in [0.4, 0.5) is 8.78 Å². The molecule has 1 aromatic rings. The first kappa shape index (κ1) is 15.4. The van der Waals surface area contributed by atoms with E-state index in [1.54, 1.807) is 0 Å². The van der Waals surface area contributed by atoms with Crippen molar-refractivity contribution in [3.63, 3.8) is 0 Å². The normalized spacial score (nSPS) is 23.4. The molecule has 1 unspecified atom stereocenters. The number of nitrogens with zero attached hydrogens (tertiary/aromatic N) is 4. The van der Waals surface area contributed by atoms with Crippen molar-refractivity contribution < 1.29 is 13.6 Å². The van der Waals surface area contributed by atoms with Crippen molar-refractivity contribution in [1.82, 2.24) is 24.7 Å². The molecule has 0 saturated carbocycles. The molecule has 0 spiro atoms. The second-order valence-corrected chi connectivity index (χ2v) is 5.82. The molecule has 1 aromatic heterocycles. The summed E-state index contributed by atoms with van der Waals surface area (Å²) in [5.74, 6) is 0.692. The standard InChI is InChI=1S/C14H21F2N5O/c15-14(16)21-4-3-18-12(21)10-19-5-7-20(8-6-19)13(22)11-1-2-17-9-11/h3-4,11,14,17H,1-2,5-10H2. The Morgan fingerprint density at radius 3 is 2.77 bits per heavy atom. The van der Waals surface area contributed by atoms with E-state index in [9.17, 15) is 13.6 Å². The molecule has 0 aliphatic carbocycles. The van der Waals surface area contributed by atoms with Gasteiger partial charge >= 0.3 is 6.55 Å². The van der Waals surface area contributed by atoms with E-state index < -0.39 is 6.55 Å². The summed E-state index contributed by atoms with van der Waals surface area (Å²) in [5, 5.41) is 3.21. The first-order valence-electron chi connectivity index (χ1n) is 7.67. The molecule has 2 aliphatic rings. The number of amides is 1. The van der Waals surface area contributed by atoms with Gasteiger partial charge in [0.25, 0.3) is 0 Å². The SMILES string of the molecule is O=C(C1CCNC1)N1CCN(Cc2nccn2C(F)F)CC1. The van der Waals surface area contributed by atoms with Crippen molar-refractivity contribution in [3.05, 3.63) is 18.2 Å². The lowest BCUT2D eigenvalue weighted by Crippen LogP contribution is -2.50. The van der Waals surface area contributed by atoms with E-state index >= 15 is 0 Å². The Bertz CT molecular complexity index is 507. The third-order valence-corrected chi connectivity index (χ3v) is 4.42. The molecule has 0 aromatic carbocycles. The lowest BCUT2D eigenvalue weighted by Gasteiger charge is -2.35. The van der Waals surface area contributed by atoms with Crippen molar-refractivity contribution >= 4 is 5.91 Å². The number of alkyl halides is 2. The average molecular weight is 313 g/mol. The van der Waals surface area contributed by atoms with E-state index in [4.69, 9.17) is 0 Å². The number of carbonyl (C=O) groups excluding carboxylic acids is 1. The number of imidazole rings is 1. The van der Waals surface area contributed by atoms with Gasteiger partial charge in [0.2, 0.25) is 5.91 Å². The zero-order valence-corrected chi connectivity index (χ0v) is 12.4. The van der Waals surface area contributed by atoms with Crippen LogP contribution in [-0.2, 0) is 11.3 Å². The number of aromatic nitrogens is 2. The van der Waals surface area contributed by atoms with Gasteiger partial charge in [0, 0.05) is 45.1 Å². The van der Waals surface area contributed by atoms with E-state index in [2.05, 4.69) is 15.2 Å². The Hall–Kier alpha value is -1.54. The molecule has 0 radical (unpaired) electrons. The third-order valence-electron chi connectivity index (χ3n) is 4.42. The van der Waals surface area contributed by atoms with Gasteiger partial charge in [-0.1, -0.05) is 0 Å². The van der Waals surface area contributed by atoms with Crippen LogP contribution in [0.25, 0.3) is 0 Å². The molecular formula is C14H21F2N5O. The molecule has 2 aliphatic heterocycles. The highest BCUT2D eigenvalue weighted by atomic mass is 19.3. The van der Waals surface area contributed by atoms with Crippen LogP contribution < -0.4 is 5.32 Å². The van der Waals surface area contributed by atoms with Gasteiger partial charge in [0.1, 0.15) is 5.82 Å². The maximum Gasteiger partial charge on any atom is 0.319 e. The van der Waals surface area contributed by atoms with Crippen molar-refractivity contribution in [1.29, 1.82) is 0 Å². The Balaban J connectivity index is 1.51. The smallest absolute Gasteiger partial charge is 0.319 e. The molecule has 2 fully saturated rings. The summed E-state index contributed by atoms with van der Waals surface area (Å²) in [7, 11) is 0. The maximum absolute atomic E-state index is 12.8. The summed E-state index contributed by atoms with van der Waals surface area (Å²) in [6.07, 6.45) is 3.60. The Labute approximate surface area is 128 Å². The van der Waals surface area contributed by atoms with E-state index in [-0.39, 0.29) is 11.8 Å². The first-order chi connectivity index (χ1) is 10.6. The molecule has 3 rings (SSSR count). The zero-order chi connectivity index (χ0) is 15.5. The van der Waals surface area contributed by atoms with Gasteiger partial charge in [-0.2, -0.15) is 8.78 Å². The third kappa shape index (κ3) is 3.27. The second kappa shape index (κ2) is 6.70. The number of hydrogen-bond donors (Lipinski definition) is 1. The molecule has 8 heteroatoms. The Morgan fingerprint density at radius 2 is 2.14 bits per heavy atom. The van der Waals surface area contributed by atoms with Gasteiger partial charge in [-0.15, -0.1) is 0 Å². The summed E-state index contributed by atoms with van der Waals surface area (Å²) in [4.78, 5) is 20.3. The largest absolute Gasteiger partial charge is 0.340 e. The van der Waals surface area contributed by atoms with Gasteiger partial charge in [0.15, 0.2) is 0 Å². The summed E-state index contributed by atoms with van der Waals surface area (Å²) < 4.78 is 26.5. The van der Waals surface area contributed by atoms with Crippen molar-refractivity contribution in [2.75, 3.05) is 39.3 Å². The molecule has 3 heterocycles. The number of hydrogen-bond acceptors (Lipinski definition) is 4. The Morgan fingerprint density at radius 1 is 1.36 bits per heavy atom. The maximum atomic E-state index is 12.8. The van der Waals surface area contributed by atoms with Gasteiger partial charge < -0.3 is 10.2 Å². The van der Waals surface area contributed by atoms with Gasteiger partial charge in [-0.3, -0.25) is 14.3 Å². The summed E-state index contributed by atoms with van der Waals surface area (Å²) in [6, 6.07) is 0. The lowest BCUT2D eigenvalue weighted by atomic mass is 10.1. The molecular weight excluding hydrogens is 292 g/mol. The van der Waals surface area contributed by atoms with Crippen LogP contribution in [0.1, 0.15) is 18.8 Å². The quantitative estimate of drug-likeness (QED) is 0.881. The van der Waals surface area contributed by atoms with Crippen LogP contribution >= 0.6 is 0 Å². The van der Waals surface area contributed by atoms with Gasteiger partial charge in [-0.05, 0) is 13.0 Å². The molecule has 122 valence electrons. The molecule has 6 nitrogen and oxygen atoms in total. The van der Waals surface area contributed by atoms with Crippen LogP contribution in [0.15, 0.2) is 12.4 Å². The van der Waals surface area contributed by atoms with E-state index in [0.29, 0.717) is 38.5 Å². The highest BCUT2D eigenvalue weighted by Gasteiger charge is 2.29. The zero-order valence-electron chi connectivity index (χ0n) is 12.4. The van der Waals surface area contributed by atoms with Crippen molar-refractivity contribution in [3.8, 4) is 0 Å². The number of halogens is 2. The van der Waals surface area contributed by atoms with E-state index in [1.165, 1.54) is 12.4 Å². The van der Waals surface area contributed by atoms with E-state index in [1.807, 2.05) is 4.90 Å². The van der Waals surface area contributed by atoms with Crippen molar-refractivity contribution in [2.24, 2.45) is 5.92 Å².